The minimum atomic E-state index is -0.638. The Hall–Kier alpha value is -4.04. The van der Waals surface area contributed by atoms with E-state index in [9.17, 15) is 9.59 Å². The van der Waals surface area contributed by atoms with E-state index in [0.29, 0.717) is 17.2 Å². The van der Waals surface area contributed by atoms with Crippen molar-refractivity contribution in [2.24, 2.45) is 0 Å². The Morgan fingerprint density at radius 1 is 0.710 bits per heavy atom. The Morgan fingerprint density at radius 3 is 1.81 bits per heavy atom. The fraction of sp³-hybridized carbons (Fsp3) is 0.130. The molecule has 0 aliphatic rings. The van der Waals surface area contributed by atoms with E-state index in [4.69, 9.17) is 28.8 Å². The molecule has 0 fully saturated rings. The van der Waals surface area contributed by atoms with Crippen molar-refractivity contribution in [1.29, 1.82) is 0 Å². The number of carbonyl (C=O) groups is 2. The minimum absolute atomic E-state index is 0.153. The summed E-state index contributed by atoms with van der Waals surface area (Å²) in [4.78, 5) is 25.0. The van der Waals surface area contributed by atoms with Crippen LogP contribution in [0.5, 0.6) is 28.7 Å². The van der Waals surface area contributed by atoms with Gasteiger partial charge in [0.15, 0.2) is 6.79 Å². The van der Waals surface area contributed by atoms with Gasteiger partial charge in [0, 0.05) is 0 Å². The quantitative estimate of drug-likeness (QED) is 0.333. The van der Waals surface area contributed by atoms with Gasteiger partial charge in [0.1, 0.15) is 34.3 Å². The maximum absolute atomic E-state index is 12.5. The second-order valence-corrected chi connectivity index (χ2v) is 6.11. The molecular weight excluding hydrogens is 404 g/mol. The summed E-state index contributed by atoms with van der Waals surface area (Å²) >= 11 is 0. The molecule has 0 saturated heterocycles. The second kappa shape index (κ2) is 10.1. The van der Waals surface area contributed by atoms with E-state index in [0.717, 1.165) is 0 Å². The van der Waals surface area contributed by atoms with Gasteiger partial charge in [-0.25, -0.2) is 9.59 Å². The Kier molecular flexibility index (Phi) is 7.08. The van der Waals surface area contributed by atoms with E-state index >= 15 is 0 Å². The normalized spacial score (nSPS) is 10.2. The molecule has 8 nitrogen and oxygen atoms in total. The van der Waals surface area contributed by atoms with Crippen molar-refractivity contribution in [2.45, 2.75) is 0 Å². The number of hydrogen-bond acceptors (Lipinski definition) is 8. The summed E-state index contributed by atoms with van der Waals surface area (Å²) in [6, 6.07) is 17.0. The predicted molar refractivity (Wildman–Crippen MR) is 110 cm³/mol. The lowest BCUT2D eigenvalue weighted by Gasteiger charge is -2.11. The van der Waals surface area contributed by atoms with Crippen LogP contribution in [0, 0.1) is 0 Å². The first kappa shape index (κ1) is 21.7. The lowest BCUT2D eigenvalue weighted by atomic mass is 10.1. The highest BCUT2D eigenvalue weighted by Gasteiger charge is 2.18. The smallest absolute Gasteiger partial charge is 0.347 e. The number of aliphatic hydroxyl groups excluding tert-OH is 1. The van der Waals surface area contributed by atoms with Crippen molar-refractivity contribution in [3.63, 3.8) is 0 Å². The fourth-order valence-electron chi connectivity index (χ4n) is 2.64. The zero-order chi connectivity index (χ0) is 22.2. The molecule has 0 radical (unpaired) electrons. The highest BCUT2D eigenvalue weighted by Crippen LogP contribution is 2.25. The van der Waals surface area contributed by atoms with Crippen LogP contribution in [0.4, 0.5) is 0 Å². The van der Waals surface area contributed by atoms with Gasteiger partial charge < -0.3 is 28.8 Å². The van der Waals surface area contributed by atoms with Gasteiger partial charge in [0.25, 0.3) is 0 Å². The topological polar surface area (TPSA) is 101 Å². The maximum Gasteiger partial charge on any atom is 0.347 e. The zero-order valence-electron chi connectivity index (χ0n) is 16.9. The number of hydrogen-bond donors (Lipinski definition) is 1. The minimum Gasteiger partial charge on any atom is -0.497 e. The maximum atomic E-state index is 12.5. The van der Waals surface area contributed by atoms with Crippen LogP contribution in [0.1, 0.15) is 20.7 Å². The van der Waals surface area contributed by atoms with Crippen LogP contribution in [0.25, 0.3) is 0 Å². The van der Waals surface area contributed by atoms with Gasteiger partial charge in [0.2, 0.25) is 0 Å². The Labute approximate surface area is 178 Å². The van der Waals surface area contributed by atoms with Crippen molar-refractivity contribution in [1.82, 2.24) is 0 Å². The SMILES string of the molecule is COc1ccc(OC(=O)c2ccc(C(=O)Oc3ccc(OCO)cc3)cc2OC)cc1. The van der Waals surface area contributed by atoms with Crippen molar-refractivity contribution < 1.29 is 38.4 Å². The number of methoxy groups -OCH3 is 2. The molecule has 0 unspecified atom stereocenters. The first-order chi connectivity index (χ1) is 15.0. The van der Waals surface area contributed by atoms with Gasteiger partial charge >= 0.3 is 11.9 Å². The Morgan fingerprint density at radius 2 is 1.26 bits per heavy atom. The third kappa shape index (κ3) is 5.52. The number of aliphatic hydroxyl groups is 1. The van der Waals surface area contributed by atoms with Crippen LogP contribution >= 0.6 is 0 Å². The van der Waals surface area contributed by atoms with Gasteiger partial charge in [-0.2, -0.15) is 0 Å². The molecule has 0 atom stereocenters. The number of benzene rings is 3. The van der Waals surface area contributed by atoms with E-state index in [-0.39, 0.29) is 22.6 Å². The highest BCUT2D eigenvalue weighted by atomic mass is 16.6. The summed E-state index contributed by atoms with van der Waals surface area (Å²) in [6.07, 6.45) is 0. The predicted octanol–water partition coefficient (Wildman–Crippen LogP) is 3.47. The molecule has 8 heteroatoms. The average molecular weight is 424 g/mol. The Balaban J connectivity index is 1.72. The first-order valence-electron chi connectivity index (χ1n) is 9.14. The van der Waals surface area contributed by atoms with E-state index in [1.165, 1.54) is 37.4 Å². The molecule has 0 aliphatic heterocycles. The van der Waals surface area contributed by atoms with Crippen molar-refractivity contribution in [3.8, 4) is 28.7 Å². The first-order valence-corrected chi connectivity index (χ1v) is 9.14. The molecular formula is C23H20O8. The number of esters is 2. The molecule has 0 amide bonds. The summed E-state index contributed by atoms with van der Waals surface area (Å²) < 4.78 is 25.9. The van der Waals surface area contributed by atoms with Gasteiger partial charge in [-0.3, -0.25) is 0 Å². The van der Waals surface area contributed by atoms with Crippen LogP contribution in [0.2, 0.25) is 0 Å². The summed E-state index contributed by atoms with van der Waals surface area (Å²) in [5.41, 5.74) is 0.342. The number of ether oxygens (including phenoxy) is 5. The molecule has 160 valence electrons. The molecule has 3 aromatic rings. The highest BCUT2D eigenvalue weighted by molar-refractivity contribution is 5.97. The molecule has 0 bridgehead atoms. The van der Waals surface area contributed by atoms with Gasteiger partial charge in [-0.1, -0.05) is 0 Å². The molecule has 31 heavy (non-hydrogen) atoms. The fourth-order valence-corrected chi connectivity index (χ4v) is 2.64. The van der Waals surface area contributed by atoms with Gasteiger partial charge in [-0.15, -0.1) is 0 Å². The van der Waals surface area contributed by atoms with Crippen LogP contribution in [0.15, 0.2) is 66.7 Å². The van der Waals surface area contributed by atoms with E-state index in [1.54, 1.807) is 43.5 Å². The van der Waals surface area contributed by atoms with Gasteiger partial charge in [0.05, 0.1) is 19.8 Å². The molecule has 3 rings (SSSR count). The van der Waals surface area contributed by atoms with E-state index < -0.39 is 18.7 Å². The van der Waals surface area contributed by atoms with Crippen molar-refractivity contribution in [2.75, 3.05) is 21.0 Å². The van der Waals surface area contributed by atoms with Crippen LogP contribution in [0.3, 0.4) is 0 Å². The van der Waals surface area contributed by atoms with Crippen molar-refractivity contribution >= 4 is 11.9 Å². The van der Waals surface area contributed by atoms with Crippen LogP contribution < -0.4 is 23.7 Å². The summed E-state index contributed by atoms with van der Waals surface area (Å²) in [5, 5.41) is 8.74. The molecule has 0 aliphatic carbocycles. The average Bonchev–Trinajstić information content (AvgIpc) is 2.80. The summed E-state index contributed by atoms with van der Waals surface area (Å²) in [6.45, 7) is -0.452. The molecule has 0 spiro atoms. The second-order valence-electron chi connectivity index (χ2n) is 6.11. The molecule has 0 saturated carbocycles. The number of carbonyl (C=O) groups excluding carboxylic acids is 2. The van der Waals surface area contributed by atoms with E-state index in [1.807, 2.05) is 0 Å². The third-order valence-corrected chi connectivity index (χ3v) is 4.19. The standard InChI is InChI=1S/C23H20O8/c1-27-16-4-8-19(9-5-16)31-23(26)20-12-3-15(13-21(20)28-2)22(25)30-18-10-6-17(7-11-18)29-14-24/h3-13,24H,14H2,1-2H3. The number of rotatable bonds is 8. The molecule has 0 aromatic heterocycles. The van der Waals surface area contributed by atoms with E-state index in [2.05, 4.69) is 0 Å². The summed E-state index contributed by atoms with van der Waals surface area (Å²) in [5.74, 6) is 0.590. The molecule has 0 heterocycles. The Bertz CT molecular complexity index is 1040. The lowest BCUT2D eigenvalue weighted by molar-refractivity contribution is 0.0717. The third-order valence-electron chi connectivity index (χ3n) is 4.19. The molecule has 1 N–H and O–H groups in total. The lowest BCUT2D eigenvalue weighted by Crippen LogP contribution is -2.13. The molecule has 3 aromatic carbocycles. The van der Waals surface area contributed by atoms with Gasteiger partial charge in [-0.05, 0) is 66.7 Å². The largest absolute Gasteiger partial charge is 0.497 e. The summed E-state index contributed by atoms with van der Waals surface area (Å²) in [7, 11) is 2.92. The van der Waals surface area contributed by atoms with Crippen molar-refractivity contribution in [3.05, 3.63) is 77.9 Å². The van der Waals surface area contributed by atoms with Crippen LogP contribution in [-0.2, 0) is 0 Å². The monoisotopic (exact) mass is 424 g/mol. The zero-order valence-corrected chi connectivity index (χ0v) is 16.9. The van der Waals surface area contributed by atoms with Crippen LogP contribution in [-0.4, -0.2) is 38.1 Å².